The Balaban J connectivity index is 2.16. The second-order valence-corrected chi connectivity index (χ2v) is 6.97. The number of rotatable bonds is 0. The maximum atomic E-state index is 12.1. The second-order valence-electron chi connectivity index (χ2n) is 5.68. The Hall–Kier alpha value is -0.740. The number of carbonyl (C=O) groups is 1. The monoisotopic (exact) mass is 345 g/mol. The van der Waals surface area contributed by atoms with E-state index in [1.165, 1.54) is 5.56 Å². The molecule has 1 aliphatic heterocycles. The SMILES string of the molecule is CC(C)(C)OC(=O)N1CCc2c(Br)cc(Cl)cc2C1. The van der Waals surface area contributed by atoms with Gasteiger partial charge in [0.25, 0.3) is 0 Å². The molecule has 104 valence electrons. The zero-order valence-electron chi connectivity index (χ0n) is 11.3. The summed E-state index contributed by atoms with van der Waals surface area (Å²) in [6.45, 7) is 6.83. The molecule has 0 spiro atoms. The van der Waals surface area contributed by atoms with Crippen molar-refractivity contribution in [3.05, 3.63) is 32.8 Å². The standard InChI is InChI=1S/C14H17BrClNO2/c1-14(2,3)19-13(18)17-5-4-11-9(8-17)6-10(16)7-12(11)15/h6-7H,4-5,8H2,1-3H3. The van der Waals surface area contributed by atoms with Gasteiger partial charge in [-0.2, -0.15) is 0 Å². The normalized spacial score (nSPS) is 15.1. The van der Waals surface area contributed by atoms with E-state index in [1.54, 1.807) is 4.90 Å². The van der Waals surface area contributed by atoms with E-state index in [2.05, 4.69) is 15.9 Å². The highest BCUT2D eigenvalue weighted by Gasteiger charge is 2.26. The van der Waals surface area contributed by atoms with Gasteiger partial charge in [-0.25, -0.2) is 4.79 Å². The summed E-state index contributed by atoms with van der Waals surface area (Å²) in [7, 11) is 0. The number of nitrogens with zero attached hydrogens (tertiary/aromatic N) is 1. The lowest BCUT2D eigenvalue weighted by atomic mass is 10.0. The van der Waals surface area contributed by atoms with E-state index in [1.807, 2.05) is 32.9 Å². The molecule has 0 saturated heterocycles. The lowest BCUT2D eigenvalue weighted by molar-refractivity contribution is 0.0224. The summed E-state index contributed by atoms with van der Waals surface area (Å²) in [5.41, 5.74) is 1.84. The van der Waals surface area contributed by atoms with Crippen LogP contribution in [0.15, 0.2) is 16.6 Å². The zero-order valence-corrected chi connectivity index (χ0v) is 13.6. The molecule has 1 heterocycles. The quantitative estimate of drug-likeness (QED) is 0.697. The first-order valence-electron chi connectivity index (χ1n) is 6.21. The van der Waals surface area contributed by atoms with Crippen molar-refractivity contribution < 1.29 is 9.53 Å². The molecule has 2 rings (SSSR count). The Morgan fingerprint density at radius 1 is 1.42 bits per heavy atom. The van der Waals surface area contributed by atoms with Gasteiger partial charge in [-0.1, -0.05) is 27.5 Å². The molecular formula is C14H17BrClNO2. The number of ether oxygens (including phenoxy) is 1. The maximum absolute atomic E-state index is 12.1. The molecule has 0 fully saturated rings. The first-order valence-corrected chi connectivity index (χ1v) is 7.38. The van der Waals surface area contributed by atoms with E-state index in [9.17, 15) is 4.79 Å². The second kappa shape index (κ2) is 5.33. The third-order valence-corrected chi connectivity index (χ3v) is 3.82. The highest BCUT2D eigenvalue weighted by Crippen LogP contribution is 2.30. The third-order valence-electron chi connectivity index (χ3n) is 2.90. The van der Waals surface area contributed by atoms with Crippen molar-refractivity contribution in [2.75, 3.05) is 6.54 Å². The van der Waals surface area contributed by atoms with Gasteiger partial charge in [0.05, 0.1) is 0 Å². The molecule has 5 heteroatoms. The van der Waals surface area contributed by atoms with E-state index < -0.39 is 5.60 Å². The van der Waals surface area contributed by atoms with Crippen LogP contribution in [-0.4, -0.2) is 23.1 Å². The molecule has 19 heavy (non-hydrogen) atoms. The van der Waals surface area contributed by atoms with Gasteiger partial charge in [0, 0.05) is 22.6 Å². The summed E-state index contributed by atoms with van der Waals surface area (Å²) in [6, 6.07) is 3.81. The van der Waals surface area contributed by atoms with Crippen molar-refractivity contribution in [2.24, 2.45) is 0 Å². The smallest absolute Gasteiger partial charge is 0.410 e. The fourth-order valence-corrected chi connectivity index (χ4v) is 3.16. The van der Waals surface area contributed by atoms with Crippen LogP contribution >= 0.6 is 27.5 Å². The summed E-state index contributed by atoms with van der Waals surface area (Å²) >= 11 is 9.57. The number of fused-ring (bicyclic) bond motifs is 1. The molecule has 1 aromatic rings. The van der Waals surface area contributed by atoms with Crippen LogP contribution < -0.4 is 0 Å². The number of hydrogen-bond acceptors (Lipinski definition) is 2. The van der Waals surface area contributed by atoms with Gasteiger partial charge in [-0.3, -0.25) is 0 Å². The molecule has 1 aromatic carbocycles. The lowest BCUT2D eigenvalue weighted by Crippen LogP contribution is -2.40. The minimum atomic E-state index is -0.466. The van der Waals surface area contributed by atoms with Gasteiger partial charge < -0.3 is 9.64 Å². The van der Waals surface area contributed by atoms with Crippen LogP contribution in [0.4, 0.5) is 4.79 Å². The number of amides is 1. The van der Waals surface area contributed by atoms with Crippen molar-refractivity contribution in [3.63, 3.8) is 0 Å². The predicted molar refractivity (Wildman–Crippen MR) is 79.5 cm³/mol. The third kappa shape index (κ3) is 3.63. The molecule has 0 unspecified atom stereocenters. The summed E-state index contributed by atoms with van der Waals surface area (Å²) in [5.74, 6) is 0. The van der Waals surface area contributed by atoms with Crippen LogP contribution in [0.3, 0.4) is 0 Å². The van der Waals surface area contributed by atoms with Crippen molar-refractivity contribution in [1.82, 2.24) is 4.90 Å². The predicted octanol–water partition coefficient (Wildman–Crippen LogP) is 4.40. The van der Waals surface area contributed by atoms with E-state index in [0.29, 0.717) is 18.1 Å². The molecule has 1 amide bonds. The summed E-state index contributed by atoms with van der Waals surface area (Å²) in [4.78, 5) is 13.8. The minimum Gasteiger partial charge on any atom is -0.444 e. The molecule has 3 nitrogen and oxygen atoms in total. The maximum Gasteiger partial charge on any atom is 0.410 e. The van der Waals surface area contributed by atoms with Gasteiger partial charge in [-0.15, -0.1) is 0 Å². The Morgan fingerprint density at radius 3 is 2.74 bits per heavy atom. The van der Waals surface area contributed by atoms with Gasteiger partial charge >= 0.3 is 6.09 Å². The molecule has 0 N–H and O–H groups in total. The van der Waals surface area contributed by atoms with Crippen LogP contribution in [0.25, 0.3) is 0 Å². The Kier molecular flexibility index (Phi) is 4.11. The van der Waals surface area contributed by atoms with E-state index in [-0.39, 0.29) is 6.09 Å². The fraction of sp³-hybridized carbons (Fsp3) is 0.500. The number of carbonyl (C=O) groups excluding carboxylic acids is 1. The van der Waals surface area contributed by atoms with Crippen LogP contribution in [-0.2, 0) is 17.7 Å². The molecule has 1 aliphatic rings. The van der Waals surface area contributed by atoms with Crippen molar-refractivity contribution in [1.29, 1.82) is 0 Å². The number of halogens is 2. The average molecular weight is 347 g/mol. The highest BCUT2D eigenvalue weighted by molar-refractivity contribution is 9.10. The van der Waals surface area contributed by atoms with E-state index in [4.69, 9.17) is 16.3 Å². The molecule has 0 aromatic heterocycles. The highest BCUT2D eigenvalue weighted by atomic mass is 79.9. The van der Waals surface area contributed by atoms with Gasteiger partial charge in [0.1, 0.15) is 5.60 Å². The lowest BCUT2D eigenvalue weighted by Gasteiger charge is -2.31. The molecule has 0 aliphatic carbocycles. The first kappa shape index (κ1) is 14.7. The molecular weight excluding hydrogens is 330 g/mol. The van der Waals surface area contributed by atoms with E-state index in [0.717, 1.165) is 16.5 Å². The Bertz CT molecular complexity index is 511. The van der Waals surface area contributed by atoms with Crippen molar-refractivity contribution in [2.45, 2.75) is 39.3 Å². The molecule has 0 atom stereocenters. The summed E-state index contributed by atoms with van der Waals surface area (Å²) < 4.78 is 6.41. The summed E-state index contributed by atoms with van der Waals surface area (Å²) in [6.07, 6.45) is 0.543. The number of benzene rings is 1. The summed E-state index contributed by atoms with van der Waals surface area (Å²) in [5, 5.41) is 0.677. The fourth-order valence-electron chi connectivity index (χ4n) is 2.09. The Morgan fingerprint density at radius 2 is 2.11 bits per heavy atom. The van der Waals surface area contributed by atoms with Crippen LogP contribution in [0.1, 0.15) is 31.9 Å². The molecule has 0 saturated carbocycles. The first-order chi connectivity index (χ1) is 8.76. The number of hydrogen-bond donors (Lipinski definition) is 0. The molecule has 0 radical (unpaired) electrons. The average Bonchev–Trinajstić information content (AvgIpc) is 2.25. The van der Waals surface area contributed by atoms with Gasteiger partial charge in [-0.05, 0) is 50.5 Å². The largest absolute Gasteiger partial charge is 0.444 e. The zero-order chi connectivity index (χ0) is 14.2. The topological polar surface area (TPSA) is 29.5 Å². The van der Waals surface area contributed by atoms with E-state index >= 15 is 0 Å². The Labute approximate surface area is 127 Å². The van der Waals surface area contributed by atoms with Crippen molar-refractivity contribution >= 4 is 33.6 Å². The van der Waals surface area contributed by atoms with Crippen LogP contribution in [0.2, 0.25) is 5.02 Å². The molecule has 0 bridgehead atoms. The van der Waals surface area contributed by atoms with Crippen LogP contribution in [0.5, 0.6) is 0 Å². The minimum absolute atomic E-state index is 0.269. The van der Waals surface area contributed by atoms with Gasteiger partial charge in [0.15, 0.2) is 0 Å². The van der Waals surface area contributed by atoms with Crippen molar-refractivity contribution in [3.8, 4) is 0 Å². The van der Waals surface area contributed by atoms with Crippen LogP contribution in [0, 0.1) is 0 Å². The van der Waals surface area contributed by atoms with Gasteiger partial charge in [0.2, 0.25) is 0 Å².